The number of amides is 2. The van der Waals surface area contributed by atoms with Gasteiger partial charge in [-0.05, 0) is 122 Å². The number of fused-ring (bicyclic) bond motifs is 4. The second kappa shape index (κ2) is 13.4. The van der Waals surface area contributed by atoms with Crippen molar-refractivity contribution in [2.24, 2.45) is 23.7 Å². The number of nitrogens with zero attached hydrogens (tertiary/aromatic N) is 2. The van der Waals surface area contributed by atoms with Crippen molar-refractivity contribution in [1.29, 1.82) is 0 Å². The Kier molecular flexibility index (Phi) is 8.90. The van der Waals surface area contributed by atoms with Gasteiger partial charge in [0, 0.05) is 24.5 Å². The molecule has 4 N–H and O–H groups in total. The second-order valence-corrected chi connectivity index (χ2v) is 14.3. The van der Waals surface area contributed by atoms with Crippen LogP contribution in [0.15, 0.2) is 85.2 Å². The Morgan fingerprint density at radius 1 is 0.604 bits per heavy atom. The fourth-order valence-corrected chi connectivity index (χ4v) is 9.07. The highest BCUT2D eigenvalue weighted by molar-refractivity contribution is 5.96. The van der Waals surface area contributed by atoms with Gasteiger partial charge in [0.2, 0.25) is 0 Å². The van der Waals surface area contributed by atoms with Crippen LogP contribution in [0.25, 0.3) is 0 Å². The highest BCUT2D eigenvalue weighted by Gasteiger charge is 2.48. The number of carbonyl (C=O) groups is 2. The molecule has 2 heterocycles. The highest BCUT2D eigenvalue weighted by Crippen LogP contribution is 2.54. The molecular formula is C40H44N4O4. The standard InChI is InChI=1S/2C20H22N2O2/c1-12-7-8-21-18(19(12)23)20(24)22-17-11-13-9-15(16(17)10-13)14-5-3-2-4-6-14;1-12-7-8-21-18(19(12)23)20(24)22-17-11-14-9-15(17)10-16(14)13-5-3-2-4-6-13/h2-8,13,15-17,23H,9-11H2,1H3,(H,22,24);2-8,14-17,23H,9-11H2,1H3,(H,22,24)/t13?,15-,16?,17-;14?,15?,16-,17?/m11/s1. The van der Waals surface area contributed by atoms with Gasteiger partial charge in [0.15, 0.2) is 11.4 Å². The van der Waals surface area contributed by atoms with Crippen LogP contribution >= 0.6 is 0 Å². The molecule has 4 aliphatic rings. The zero-order chi connectivity index (χ0) is 33.4. The van der Waals surface area contributed by atoms with Gasteiger partial charge in [-0.15, -0.1) is 0 Å². The third kappa shape index (κ3) is 6.28. The van der Waals surface area contributed by atoms with E-state index in [-0.39, 0.29) is 46.8 Å². The SMILES string of the molecule is Cc1ccnc(C(=O)NC2CC3CC2C[C@@H]3c2ccccc2)c1O.Cc1ccnc(C(=O)N[C@@H]2CC3CC2[C@@H](c2ccccc2)C3)c1O. The number of aryl methyl sites for hydroxylation is 2. The topological polar surface area (TPSA) is 124 Å². The van der Waals surface area contributed by atoms with E-state index in [4.69, 9.17) is 0 Å². The van der Waals surface area contributed by atoms with Crippen LogP contribution in [-0.4, -0.2) is 44.1 Å². The molecule has 2 aromatic heterocycles. The van der Waals surface area contributed by atoms with E-state index in [1.165, 1.54) is 30.4 Å². The molecule has 4 aliphatic carbocycles. The maximum Gasteiger partial charge on any atom is 0.273 e. The molecule has 0 saturated heterocycles. The fraction of sp³-hybridized carbons (Fsp3) is 0.400. The molecule has 8 rings (SSSR count). The predicted octanol–water partition coefficient (Wildman–Crippen LogP) is 6.82. The number of benzene rings is 2. The predicted molar refractivity (Wildman–Crippen MR) is 184 cm³/mol. The van der Waals surface area contributed by atoms with Gasteiger partial charge < -0.3 is 20.8 Å². The Morgan fingerprint density at radius 3 is 1.67 bits per heavy atom. The average molecular weight is 645 g/mol. The quantitative estimate of drug-likeness (QED) is 0.183. The lowest BCUT2D eigenvalue weighted by atomic mass is 9.80. The molecule has 0 radical (unpaired) electrons. The lowest BCUT2D eigenvalue weighted by Crippen LogP contribution is -2.41. The van der Waals surface area contributed by atoms with Gasteiger partial charge in [0.1, 0.15) is 11.5 Å². The minimum absolute atomic E-state index is 0.0136. The number of carbonyl (C=O) groups excluding carboxylic acids is 2. The molecule has 0 spiro atoms. The van der Waals surface area contributed by atoms with Crippen molar-refractivity contribution in [2.45, 2.75) is 76.3 Å². The monoisotopic (exact) mass is 644 g/mol. The first-order valence-electron chi connectivity index (χ1n) is 17.3. The minimum Gasteiger partial charge on any atom is -0.505 e. The Morgan fingerprint density at radius 2 is 1.15 bits per heavy atom. The zero-order valence-electron chi connectivity index (χ0n) is 27.5. The van der Waals surface area contributed by atoms with E-state index < -0.39 is 0 Å². The Hall–Kier alpha value is -4.72. The van der Waals surface area contributed by atoms with Crippen LogP contribution in [0.3, 0.4) is 0 Å². The maximum atomic E-state index is 12.6. The number of hydrogen-bond acceptors (Lipinski definition) is 6. The summed E-state index contributed by atoms with van der Waals surface area (Å²) in [5, 5.41) is 26.4. The number of nitrogens with one attached hydrogen (secondary N) is 2. The van der Waals surface area contributed by atoms with Crippen molar-refractivity contribution in [2.75, 3.05) is 0 Å². The molecule has 4 bridgehead atoms. The minimum atomic E-state index is -0.263. The second-order valence-electron chi connectivity index (χ2n) is 14.3. The van der Waals surface area contributed by atoms with Gasteiger partial charge in [-0.3, -0.25) is 9.59 Å². The van der Waals surface area contributed by atoms with Crippen molar-refractivity contribution in [3.8, 4) is 11.5 Å². The molecule has 4 fully saturated rings. The lowest BCUT2D eigenvalue weighted by molar-refractivity contribution is 0.0903. The number of pyridine rings is 2. The van der Waals surface area contributed by atoms with Gasteiger partial charge in [0.05, 0.1) is 0 Å². The average Bonchev–Trinajstić information content (AvgIpc) is 3.90. The summed E-state index contributed by atoms with van der Waals surface area (Å²) in [4.78, 5) is 33.1. The van der Waals surface area contributed by atoms with E-state index >= 15 is 0 Å². The molecule has 48 heavy (non-hydrogen) atoms. The van der Waals surface area contributed by atoms with Crippen molar-refractivity contribution in [1.82, 2.24) is 20.6 Å². The van der Waals surface area contributed by atoms with Gasteiger partial charge in [0.25, 0.3) is 11.8 Å². The molecular weight excluding hydrogens is 600 g/mol. The van der Waals surface area contributed by atoms with Gasteiger partial charge >= 0.3 is 0 Å². The van der Waals surface area contributed by atoms with Crippen LogP contribution in [0.4, 0.5) is 0 Å². The van der Waals surface area contributed by atoms with E-state index in [1.807, 2.05) is 6.07 Å². The smallest absolute Gasteiger partial charge is 0.273 e. The highest BCUT2D eigenvalue weighted by atomic mass is 16.3. The van der Waals surface area contributed by atoms with Gasteiger partial charge in [-0.1, -0.05) is 60.7 Å². The molecule has 0 aliphatic heterocycles. The molecule has 248 valence electrons. The normalized spacial score (nSPS) is 28.0. The van der Waals surface area contributed by atoms with E-state index in [2.05, 4.69) is 75.2 Å². The molecule has 2 aromatic carbocycles. The van der Waals surface area contributed by atoms with E-state index in [0.717, 1.165) is 19.3 Å². The van der Waals surface area contributed by atoms with E-state index in [0.29, 0.717) is 46.6 Å². The largest absolute Gasteiger partial charge is 0.505 e. The molecule has 5 unspecified atom stereocenters. The Balaban J connectivity index is 0.000000152. The number of aromatic hydroxyl groups is 2. The fourth-order valence-electron chi connectivity index (χ4n) is 9.07. The van der Waals surface area contributed by atoms with Crippen molar-refractivity contribution in [3.63, 3.8) is 0 Å². The summed E-state index contributed by atoms with van der Waals surface area (Å²) in [6.45, 7) is 3.55. The number of hydrogen-bond donors (Lipinski definition) is 4. The Bertz CT molecular complexity index is 1780. The summed E-state index contributed by atoms with van der Waals surface area (Å²) < 4.78 is 0. The van der Waals surface area contributed by atoms with Crippen LogP contribution in [0.1, 0.15) is 93.6 Å². The van der Waals surface area contributed by atoms with Gasteiger partial charge in [-0.2, -0.15) is 0 Å². The third-order valence-electron chi connectivity index (χ3n) is 11.4. The van der Waals surface area contributed by atoms with Crippen LogP contribution in [-0.2, 0) is 0 Å². The van der Waals surface area contributed by atoms with Gasteiger partial charge in [-0.25, -0.2) is 9.97 Å². The summed E-state index contributed by atoms with van der Waals surface area (Å²) >= 11 is 0. The molecule has 8 heteroatoms. The van der Waals surface area contributed by atoms with Crippen LogP contribution in [0.5, 0.6) is 11.5 Å². The summed E-state index contributed by atoms with van der Waals surface area (Å²) in [7, 11) is 0. The first-order valence-corrected chi connectivity index (χ1v) is 17.3. The lowest BCUT2D eigenvalue weighted by Gasteiger charge is -2.30. The van der Waals surface area contributed by atoms with E-state index in [9.17, 15) is 19.8 Å². The first kappa shape index (κ1) is 31.9. The summed E-state index contributed by atoms with van der Waals surface area (Å²) in [6, 6.07) is 25.1. The van der Waals surface area contributed by atoms with Crippen LogP contribution in [0, 0.1) is 37.5 Å². The summed E-state index contributed by atoms with van der Waals surface area (Å²) in [5.74, 6) is 2.92. The third-order valence-corrected chi connectivity index (χ3v) is 11.4. The molecule has 8 atom stereocenters. The van der Waals surface area contributed by atoms with Crippen molar-refractivity contribution in [3.05, 3.63) is 119 Å². The first-order chi connectivity index (χ1) is 23.3. The molecule has 4 saturated carbocycles. The van der Waals surface area contributed by atoms with Crippen molar-refractivity contribution < 1.29 is 19.8 Å². The van der Waals surface area contributed by atoms with Crippen LogP contribution < -0.4 is 10.6 Å². The van der Waals surface area contributed by atoms with Crippen LogP contribution in [0.2, 0.25) is 0 Å². The molecule has 2 amide bonds. The number of aromatic nitrogens is 2. The summed E-state index contributed by atoms with van der Waals surface area (Å²) in [6.07, 6.45) is 9.89. The van der Waals surface area contributed by atoms with E-state index in [1.54, 1.807) is 38.4 Å². The molecule has 4 aromatic rings. The maximum absolute atomic E-state index is 12.6. The Labute approximate surface area is 282 Å². The van der Waals surface area contributed by atoms with Crippen molar-refractivity contribution >= 4 is 11.8 Å². The number of rotatable bonds is 6. The zero-order valence-corrected chi connectivity index (χ0v) is 27.5. The summed E-state index contributed by atoms with van der Waals surface area (Å²) in [5.41, 5.74) is 4.41. The molecule has 8 nitrogen and oxygen atoms in total.